The molecule has 1 aromatic carbocycles. The molecule has 0 radical (unpaired) electrons. The van der Waals surface area contributed by atoms with Gasteiger partial charge in [-0.2, -0.15) is 4.31 Å². The fourth-order valence-corrected chi connectivity index (χ4v) is 5.64. The molecule has 3 heterocycles. The first-order chi connectivity index (χ1) is 13.4. The number of rotatable bonds is 4. The Bertz CT molecular complexity index is 949. The smallest absolute Gasteiger partial charge is 0.243 e. The summed E-state index contributed by atoms with van der Waals surface area (Å²) in [7, 11) is -3.48. The topological polar surface area (TPSA) is 69.6 Å². The molecule has 0 unspecified atom stereocenters. The molecule has 0 saturated carbocycles. The van der Waals surface area contributed by atoms with Crippen LogP contribution in [0.4, 0.5) is 11.6 Å². The zero-order chi connectivity index (χ0) is 19.7. The Hall–Kier alpha value is -2.19. The predicted octanol–water partition coefficient (Wildman–Crippen LogP) is 2.20. The van der Waals surface area contributed by atoms with Crippen molar-refractivity contribution < 1.29 is 8.42 Å². The van der Waals surface area contributed by atoms with E-state index >= 15 is 0 Å². The maximum atomic E-state index is 13.1. The van der Waals surface area contributed by atoms with E-state index in [1.807, 2.05) is 32.0 Å². The third kappa shape index (κ3) is 3.71. The normalized spacial score (nSPS) is 18.6. The molecule has 0 spiro atoms. The molecule has 7 nitrogen and oxygen atoms in total. The molecule has 28 heavy (non-hydrogen) atoms. The second-order valence-corrected chi connectivity index (χ2v) is 9.50. The van der Waals surface area contributed by atoms with Crippen molar-refractivity contribution in [2.24, 2.45) is 0 Å². The van der Waals surface area contributed by atoms with Crippen LogP contribution in [0.3, 0.4) is 0 Å². The van der Waals surface area contributed by atoms with Crippen molar-refractivity contribution in [3.63, 3.8) is 0 Å². The van der Waals surface area contributed by atoms with Crippen LogP contribution in [0.2, 0.25) is 0 Å². The van der Waals surface area contributed by atoms with E-state index in [1.54, 1.807) is 16.7 Å². The summed E-state index contributed by atoms with van der Waals surface area (Å²) >= 11 is 0. The third-order valence-electron chi connectivity index (χ3n) is 5.59. The monoisotopic (exact) mass is 401 g/mol. The van der Waals surface area contributed by atoms with Crippen molar-refractivity contribution in [3.05, 3.63) is 41.7 Å². The molecule has 2 fully saturated rings. The Morgan fingerprint density at radius 3 is 2.07 bits per heavy atom. The molecule has 0 N–H and O–H groups in total. The lowest BCUT2D eigenvalue weighted by molar-refractivity contribution is 0.383. The van der Waals surface area contributed by atoms with Gasteiger partial charge in [-0.3, -0.25) is 0 Å². The summed E-state index contributed by atoms with van der Waals surface area (Å²) in [4.78, 5) is 13.7. The Labute approximate surface area is 167 Å². The van der Waals surface area contributed by atoms with E-state index in [1.165, 1.54) is 12.8 Å². The fraction of sp³-hybridized carbons (Fsp3) is 0.500. The number of nitrogens with zero attached hydrogens (tertiary/aromatic N) is 5. The van der Waals surface area contributed by atoms with Crippen molar-refractivity contribution in [2.75, 3.05) is 49.1 Å². The van der Waals surface area contributed by atoms with Crippen LogP contribution in [-0.4, -0.2) is 62.0 Å². The van der Waals surface area contributed by atoms with E-state index in [0.717, 1.165) is 35.9 Å². The summed E-state index contributed by atoms with van der Waals surface area (Å²) in [5.74, 6) is 1.84. The van der Waals surface area contributed by atoms with Crippen LogP contribution in [0.15, 0.2) is 35.5 Å². The van der Waals surface area contributed by atoms with Crippen LogP contribution in [0.25, 0.3) is 0 Å². The van der Waals surface area contributed by atoms with Gasteiger partial charge in [-0.05, 0) is 43.9 Å². The molecule has 0 bridgehead atoms. The highest BCUT2D eigenvalue weighted by atomic mass is 32.2. The Kier molecular flexibility index (Phi) is 5.25. The number of aromatic nitrogens is 2. The van der Waals surface area contributed by atoms with Crippen LogP contribution in [0, 0.1) is 13.8 Å². The average molecular weight is 402 g/mol. The lowest BCUT2D eigenvalue weighted by Gasteiger charge is -2.35. The molecule has 2 aromatic rings. The van der Waals surface area contributed by atoms with Crippen LogP contribution < -0.4 is 9.80 Å². The van der Waals surface area contributed by atoms with Crippen LogP contribution >= 0.6 is 0 Å². The Morgan fingerprint density at radius 1 is 0.821 bits per heavy atom. The lowest BCUT2D eigenvalue weighted by atomic mass is 10.2. The Morgan fingerprint density at radius 2 is 1.43 bits per heavy atom. The third-order valence-corrected chi connectivity index (χ3v) is 7.63. The number of aryl methyl sites for hydroxylation is 2. The summed E-state index contributed by atoms with van der Waals surface area (Å²) in [5, 5.41) is 0. The van der Waals surface area contributed by atoms with Crippen molar-refractivity contribution in [3.8, 4) is 0 Å². The molecule has 1 aromatic heterocycles. The zero-order valence-corrected chi connectivity index (χ0v) is 17.3. The number of piperazine rings is 1. The van der Waals surface area contributed by atoms with Gasteiger partial charge >= 0.3 is 0 Å². The number of sulfonamides is 1. The standard InChI is InChI=1S/C20H27N5O2S/c1-16-5-6-17(2)18(13-16)28(26,27)25-11-9-24(10-12-25)20-14-19(21-15-22-20)23-7-3-4-8-23/h5-6,13-15H,3-4,7-12H2,1-2H3. The zero-order valence-electron chi connectivity index (χ0n) is 16.5. The molecular weight excluding hydrogens is 374 g/mol. The molecule has 0 amide bonds. The minimum absolute atomic E-state index is 0.416. The summed E-state index contributed by atoms with van der Waals surface area (Å²) < 4.78 is 27.8. The molecular formula is C20H27N5O2S. The molecule has 2 aliphatic heterocycles. The second-order valence-electron chi connectivity index (χ2n) is 7.59. The van der Waals surface area contributed by atoms with Crippen molar-refractivity contribution in [1.29, 1.82) is 0 Å². The van der Waals surface area contributed by atoms with Gasteiger partial charge in [-0.25, -0.2) is 18.4 Å². The number of hydrogen-bond donors (Lipinski definition) is 0. The SMILES string of the molecule is Cc1ccc(C)c(S(=O)(=O)N2CCN(c3cc(N4CCCC4)ncn3)CC2)c1. The van der Waals surface area contributed by atoms with E-state index in [4.69, 9.17) is 0 Å². The van der Waals surface area contributed by atoms with Gasteiger partial charge in [0.1, 0.15) is 18.0 Å². The van der Waals surface area contributed by atoms with Crippen molar-refractivity contribution in [2.45, 2.75) is 31.6 Å². The van der Waals surface area contributed by atoms with E-state index < -0.39 is 10.0 Å². The van der Waals surface area contributed by atoms with Crippen molar-refractivity contribution in [1.82, 2.24) is 14.3 Å². The molecule has 4 rings (SSSR count). The van der Waals surface area contributed by atoms with Crippen LogP contribution in [0.1, 0.15) is 24.0 Å². The van der Waals surface area contributed by atoms with Gasteiger partial charge in [0, 0.05) is 45.3 Å². The summed E-state index contributed by atoms with van der Waals surface area (Å²) in [6.07, 6.45) is 4.02. The van der Waals surface area contributed by atoms with Gasteiger partial charge < -0.3 is 9.80 Å². The highest BCUT2D eigenvalue weighted by Gasteiger charge is 2.30. The van der Waals surface area contributed by atoms with Gasteiger partial charge in [-0.1, -0.05) is 12.1 Å². The molecule has 8 heteroatoms. The van der Waals surface area contributed by atoms with E-state index in [2.05, 4.69) is 19.8 Å². The minimum atomic E-state index is -3.48. The van der Waals surface area contributed by atoms with Crippen molar-refractivity contribution >= 4 is 21.7 Å². The first-order valence-electron chi connectivity index (χ1n) is 9.84. The fourth-order valence-electron chi connectivity index (χ4n) is 3.91. The number of anilines is 2. The van der Waals surface area contributed by atoms with E-state index in [-0.39, 0.29) is 0 Å². The number of hydrogen-bond acceptors (Lipinski definition) is 6. The summed E-state index contributed by atoms with van der Waals surface area (Å²) in [6.45, 7) is 8.02. The van der Waals surface area contributed by atoms with E-state index in [9.17, 15) is 8.42 Å². The average Bonchev–Trinajstić information content (AvgIpc) is 3.25. The largest absolute Gasteiger partial charge is 0.356 e. The van der Waals surface area contributed by atoms with Gasteiger partial charge in [0.2, 0.25) is 10.0 Å². The predicted molar refractivity (Wildman–Crippen MR) is 110 cm³/mol. The molecule has 2 saturated heterocycles. The highest BCUT2D eigenvalue weighted by Crippen LogP contribution is 2.25. The molecule has 2 aliphatic rings. The molecule has 0 atom stereocenters. The van der Waals surface area contributed by atoms with Crippen LogP contribution in [-0.2, 0) is 10.0 Å². The minimum Gasteiger partial charge on any atom is -0.356 e. The Balaban J connectivity index is 1.47. The van der Waals surface area contributed by atoms with E-state index in [0.29, 0.717) is 31.1 Å². The highest BCUT2D eigenvalue weighted by molar-refractivity contribution is 7.89. The lowest BCUT2D eigenvalue weighted by Crippen LogP contribution is -2.49. The maximum Gasteiger partial charge on any atom is 0.243 e. The van der Waals surface area contributed by atoms with Gasteiger partial charge in [0.15, 0.2) is 0 Å². The second kappa shape index (κ2) is 7.67. The molecule has 0 aliphatic carbocycles. The summed E-state index contributed by atoms with van der Waals surface area (Å²) in [6, 6.07) is 7.61. The number of benzene rings is 1. The van der Waals surface area contributed by atoms with Gasteiger partial charge in [-0.15, -0.1) is 0 Å². The molecule has 150 valence electrons. The van der Waals surface area contributed by atoms with Crippen LogP contribution in [0.5, 0.6) is 0 Å². The first kappa shape index (κ1) is 19.1. The maximum absolute atomic E-state index is 13.1. The van der Waals surface area contributed by atoms with Gasteiger partial charge in [0.25, 0.3) is 0 Å². The van der Waals surface area contributed by atoms with Gasteiger partial charge in [0.05, 0.1) is 4.90 Å². The first-order valence-corrected chi connectivity index (χ1v) is 11.3. The summed E-state index contributed by atoms with van der Waals surface area (Å²) in [5.41, 5.74) is 1.75. The quantitative estimate of drug-likeness (QED) is 0.782.